The molecule has 0 saturated heterocycles. The van der Waals surface area contributed by atoms with Crippen molar-refractivity contribution in [3.63, 3.8) is 0 Å². The Morgan fingerprint density at radius 3 is 2.69 bits per heavy atom. The number of methoxy groups -OCH3 is 1. The molecule has 0 amide bonds. The first-order chi connectivity index (χ1) is 7.76. The number of esters is 1. The number of nitrogens with zero attached hydrogens (tertiary/aromatic N) is 2. The zero-order valence-electron chi connectivity index (χ0n) is 9.19. The molecular formula is C11H12N2O3. The minimum absolute atomic E-state index is 0.0693. The maximum atomic E-state index is 11.0. The Morgan fingerprint density at radius 2 is 2.12 bits per heavy atom. The third-order valence-electron chi connectivity index (χ3n) is 1.58. The standard InChI is InChI=1S/C11H12N2O3/c1-3-16-10(14)6-4-5-9-7-12-11(15-2)13-8-9/h7-8H,3,6H2,1-2H3. The smallest absolute Gasteiger partial charge is 0.317 e. The zero-order valence-corrected chi connectivity index (χ0v) is 9.19. The molecule has 0 spiro atoms. The molecule has 0 aliphatic carbocycles. The van der Waals surface area contributed by atoms with Gasteiger partial charge in [-0.2, -0.15) is 0 Å². The second kappa shape index (κ2) is 6.40. The first kappa shape index (κ1) is 12.0. The predicted octanol–water partition coefficient (Wildman–Crippen LogP) is 0.790. The Morgan fingerprint density at radius 1 is 1.44 bits per heavy atom. The molecule has 1 rings (SSSR count). The lowest BCUT2D eigenvalue weighted by atomic mass is 10.3. The molecule has 1 aromatic heterocycles. The summed E-state index contributed by atoms with van der Waals surface area (Å²) in [7, 11) is 1.49. The second-order valence-corrected chi connectivity index (χ2v) is 2.74. The van der Waals surface area contributed by atoms with Crippen LogP contribution in [0.5, 0.6) is 6.01 Å². The summed E-state index contributed by atoms with van der Waals surface area (Å²) >= 11 is 0. The van der Waals surface area contributed by atoms with Gasteiger partial charge in [-0.15, -0.1) is 0 Å². The lowest BCUT2D eigenvalue weighted by molar-refractivity contribution is -0.141. The van der Waals surface area contributed by atoms with Crippen LogP contribution in [0.3, 0.4) is 0 Å². The van der Waals surface area contributed by atoms with E-state index in [9.17, 15) is 4.79 Å². The minimum Gasteiger partial charge on any atom is -0.467 e. The summed E-state index contributed by atoms with van der Waals surface area (Å²) in [6.07, 6.45) is 3.13. The van der Waals surface area contributed by atoms with Crippen molar-refractivity contribution in [1.82, 2.24) is 9.97 Å². The maximum absolute atomic E-state index is 11.0. The number of carbonyl (C=O) groups excluding carboxylic acids is 1. The van der Waals surface area contributed by atoms with Crippen LogP contribution in [-0.2, 0) is 9.53 Å². The molecule has 16 heavy (non-hydrogen) atoms. The molecule has 1 aromatic rings. The summed E-state index contributed by atoms with van der Waals surface area (Å²) in [4.78, 5) is 18.7. The van der Waals surface area contributed by atoms with Crippen LogP contribution in [-0.4, -0.2) is 29.7 Å². The van der Waals surface area contributed by atoms with E-state index in [0.29, 0.717) is 12.2 Å². The first-order valence-electron chi connectivity index (χ1n) is 4.76. The van der Waals surface area contributed by atoms with E-state index >= 15 is 0 Å². The number of carbonyl (C=O) groups is 1. The molecule has 0 aromatic carbocycles. The average Bonchev–Trinajstić information content (AvgIpc) is 2.30. The molecule has 0 aliphatic rings. The molecule has 0 atom stereocenters. The Bertz CT molecular complexity index is 403. The van der Waals surface area contributed by atoms with Gasteiger partial charge < -0.3 is 9.47 Å². The van der Waals surface area contributed by atoms with Gasteiger partial charge in [0.25, 0.3) is 0 Å². The topological polar surface area (TPSA) is 61.3 Å². The lowest BCUT2D eigenvalue weighted by Gasteiger charge is -1.95. The SMILES string of the molecule is CCOC(=O)CC#Cc1cnc(OC)nc1. The third kappa shape index (κ3) is 3.96. The van der Waals surface area contributed by atoms with Gasteiger partial charge in [-0.05, 0) is 6.92 Å². The Kier molecular flexibility index (Phi) is 4.80. The van der Waals surface area contributed by atoms with Crippen LogP contribution in [0, 0.1) is 11.8 Å². The van der Waals surface area contributed by atoms with Crippen molar-refractivity contribution in [2.75, 3.05) is 13.7 Å². The molecule has 84 valence electrons. The second-order valence-electron chi connectivity index (χ2n) is 2.74. The maximum Gasteiger partial charge on any atom is 0.317 e. The van der Waals surface area contributed by atoms with Crippen molar-refractivity contribution in [1.29, 1.82) is 0 Å². The van der Waals surface area contributed by atoms with E-state index in [1.165, 1.54) is 19.5 Å². The predicted molar refractivity (Wildman–Crippen MR) is 56.7 cm³/mol. The van der Waals surface area contributed by atoms with E-state index in [4.69, 9.17) is 9.47 Å². The van der Waals surface area contributed by atoms with Gasteiger partial charge in [0.05, 0.1) is 19.3 Å². The number of aromatic nitrogens is 2. The highest BCUT2D eigenvalue weighted by molar-refractivity contribution is 5.72. The molecule has 0 bridgehead atoms. The highest BCUT2D eigenvalue weighted by atomic mass is 16.5. The van der Waals surface area contributed by atoms with E-state index in [2.05, 4.69) is 21.8 Å². The zero-order chi connectivity index (χ0) is 11.8. The van der Waals surface area contributed by atoms with Gasteiger partial charge in [-0.25, -0.2) is 9.97 Å². The number of hydrogen-bond acceptors (Lipinski definition) is 5. The molecule has 1 heterocycles. The number of hydrogen-bond donors (Lipinski definition) is 0. The molecule has 5 nitrogen and oxygen atoms in total. The Labute approximate surface area is 93.8 Å². The van der Waals surface area contributed by atoms with Crippen molar-refractivity contribution in [3.8, 4) is 17.9 Å². The van der Waals surface area contributed by atoms with Crippen LogP contribution in [0.4, 0.5) is 0 Å². The number of rotatable bonds is 3. The molecule has 0 saturated carbocycles. The summed E-state index contributed by atoms with van der Waals surface area (Å²) in [5.41, 5.74) is 0.630. The third-order valence-corrected chi connectivity index (χ3v) is 1.58. The summed E-state index contributed by atoms with van der Waals surface area (Å²) in [5.74, 6) is 5.10. The highest BCUT2D eigenvalue weighted by Gasteiger charge is 1.96. The largest absolute Gasteiger partial charge is 0.467 e. The van der Waals surface area contributed by atoms with Gasteiger partial charge in [0, 0.05) is 12.4 Å². The Balaban J connectivity index is 2.53. The molecule has 5 heteroatoms. The van der Waals surface area contributed by atoms with Crippen LogP contribution >= 0.6 is 0 Å². The summed E-state index contributed by atoms with van der Waals surface area (Å²) in [5, 5.41) is 0. The molecule has 0 fully saturated rings. The van der Waals surface area contributed by atoms with Gasteiger partial charge in [0.2, 0.25) is 0 Å². The quantitative estimate of drug-likeness (QED) is 0.556. The van der Waals surface area contributed by atoms with Crippen molar-refractivity contribution in [3.05, 3.63) is 18.0 Å². The van der Waals surface area contributed by atoms with E-state index in [0.717, 1.165) is 0 Å². The van der Waals surface area contributed by atoms with E-state index in [-0.39, 0.29) is 18.4 Å². The molecule has 0 N–H and O–H groups in total. The average molecular weight is 220 g/mol. The molecule has 0 aliphatic heterocycles. The van der Waals surface area contributed by atoms with Gasteiger partial charge in [0.1, 0.15) is 6.42 Å². The van der Waals surface area contributed by atoms with Crippen LogP contribution in [0.15, 0.2) is 12.4 Å². The van der Waals surface area contributed by atoms with E-state index in [1.54, 1.807) is 6.92 Å². The van der Waals surface area contributed by atoms with Crippen LogP contribution < -0.4 is 4.74 Å². The van der Waals surface area contributed by atoms with Gasteiger partial charge in [-0.1, -0.05) is 11.8 Å². The molecular weight excluding hydrogens is 208 g/mol. The Hall–Kier alpha value is -2.09. The molecule has 0 radical (unpaired) electrons. The van der Waals surface area contributed by atoms with Crippen LogP contribution in [0.25, 0.3) is 0 Å². The van der Waals surface area contributed by atoms with Crippen LogP contribution in [0.2, 0.25) is 0 Å². The summed E-state index contributed by atoms with van der Waals surface area (Å²) in [6, 6.07) is 0.288. The minimum atomic E-state index is -0.329. The first-order valence-corrected chi connectivity index (χ1v) is 4.76. The van der Waals surface area contributed by atoms with Gasteiger partial charge in [-0.3, -0.25) is 4.79 Å². The highest BCUT2D eigenvalue weighted by Crippen LogP contribution is 1.99. The fourth-order valence-electron chi connectivity index (χ4n) is 0.917. The van der Waals surface area contributed by atoms with Crippen molar-refractivity contribution in [2.24, 2.45) is 0 Å². The molecule has 0 unspecified atom stereocenters. The van der Waals surface area contributed by atoms with Crippen LogP contribution in [0.1, 0.15) is 18.9 Å². The summed E-state index contributed by atoms with van der Waals surface area (Å²) < 4.78 is 9.52. The van der Waals surface area contributed by atoms with Crippen molar-refractivity contribution in [2.45, 2.75) is 13.3 Å². The normalized spacial score (nSPS) is 8.88. The van der Waals surface area contributed by atoms with Crippen molar-refractivity contribution < 1.29 is 14.3 Å². The van der Waals surface area contributed by atoms with E-state index < -0.39 is 0 Å². The lowest BCUT2D eigenvalue weighted by Crippen LogP contribution is -2.01. The fourth-order valence-corrected chi connectivity index (χ4v) is 0.917. The van der Waals surface area contributed by atoms with Crippen molar-refractivity contribution >= 4 is 5.97 Å². The van der Waals surface area contributed by atoms with Gasteiger partial charge in [0.15, 0.2) is 0 Å². The summed E-state index contributed by atoms with van der Waals surface area (Å²) in [6.45, 7) is 2.12. The van der Waals surface area contributed by atoms with Gasteiger partial charge >= 0.3 is 12.0 Å². The monoisotopic (exact) mass is 220 g/mol. The van der Waals surface area contributed by atoms with E-state index in [1.807, 2.05) is 0 Å². The fraction of sp³-hybridized carbons (Fsp3) is 0.364. The number of ether oxygens (including phenoxy) is 2.